The lowest BCUT2D eigenvalue weighted by Gasteiger charge is -2.26. The average molecular weight is 204 g/mol. The van der Waals surface area contributed by atoms with Gasteiger partial charge in [-0.1, -0.05) is 13.8 Å². The van der Waals surface area contributed by atoms with Gasteiger partial charge in [-0.15, -0.1) is 0 Å². The summed E-state index contributed by atoms with van der Waals surface area (Å²) in [5, 5.41) is 18.3. The van der Waals surface area contributed by atoms with Gasteiger partial charge < -0.3 is 10.8 Å². The van der Waals surface area contributed by atoms with Gasteiger partial charge in [-0.2, -0.15) is 0 Å². The van der Waals surface area contributed by atoms with E-state index in [-0.39, 0.29) is 11.0 Å². The lowest BCUT2D eigenvalue weighted by Crippen LogP contribution is -2.51. The Balaban J connectivity index is 4.68. The first-order valence-corrected chi connectivity index (χ1v) is 4.29. The number of nitrogens with zero attached hydrogens (tertiary/aromatic N) is 1. The standard InChI is InChI=1S/C8H16N2O4/c1-4(2)6(8(12)13)10(14)7(11)5(3)9/h4-6,14H,9H2,1-3H3,(H,12,13)/t5-,6-/m0/s1. The first kappa shape index (κ1) is 12.9. The van der Waals surface area contributed by atoms with E-state index in [1.807, 2.05) is 0 Å². The van der Waals surface area contributed by atoms with Gasteiger partial charge in [0.05, 0.1) is 6.04 Å². The number of hydrogen-bond acceptors (Lipinski definition) is 4. The molecule has 2 atom stereocenters. The van der Waals surface area contributed by atoms with Crippen LogP contribution in [0.15, 0.2) is 0 Å². The summed E-state index contributed by atoms with van der Waals surface area (Å²) in [6.45, 7) is 4.57. The molecule has 0 bridgehead atoms. The number of aliphatic carboxylic acids is 1. The number of nitrogens with two attached hydrogens (primary N) is 1. The molecule has 0 unspecified atom stereocenters. The van der Waals surface area contributed by atoms with Crippen molar-refractivity contribution in [1.29, 1.82) is 0 Å². The van der Waals surface area contributed by atoms with E-state index < -0.39 is 24.0 Å². The second kappa shape index (κ2) is 4.92. The Morgan fingerprint density at radius 3 is 1.93 bits per heavy atom. The van der Waals surface area contributed by atoms with Gasteiger partial charge in [0.15, 0.2) is 6.04 Å². The number of carbonyl (C=O) groups excluding carboxylic acids is 1. The largest absolute Gasteiger partial charge is 0.480 e. The summed E-state index contributed by atoms with van der Waals surface area (Å²) in [5.41, 5.74) is 5.23. The second-order valence-corrected chi connectivity index (χ2v) is 3.50. The molecule has 14 heavy (non-hydrogen) atoms. The van der Waals surface area contributed by atoms with Crippen LogP contribution >= 0.6 is 0 Å². The molecule has 4 N–H and O–H groups in total. The molecule has 6 heteroatoms. The van der Waals surface area contributed by atoms with E-state index >= 15 is 0 Å². The predicted molar refractivity (Wildman–Crippen MR) is 48.5 cm³/mol. The number of carboxylic acids is 1. The summed E-state index contributed by atoms with van der Waals surface area (Å²) < 4.78 is 0. The SMILES string of the molecule is CC(C)[C@@H](C(=O)O)N(O)C(=O)[C@H](C)N. The summed E-state index contributed by atoms with van der Waals surface area (Å²) in [7, 11) is 0. The molecule has 0 aromatic carbocycles. The van der Waals surface area contributed by atoms with Crippen LogP contribution in [0.4, 0.5) is 0 Å². The van der Waals surface area contributed by atoms with E-state index in [1.54, 1.807) is 13.8 Å². The maximum absolute atomic E-state index is 11.2. The molecule has 0 aromatic heterocycles. The molecule has 1 amide bonds. The summed E-state index contributed by atoms with van der Waals surface area (Å²) in [4.78, 5) is 21.9. The Hall–Kier alpha value is -1.14. The summed E-state index contributed by atoms with van der Waals surface area (Å²) >= 11 is 0. The molecule has 0 heterocycles. The monoisotopic (exact) mass is 204 g/mol. The normalized spacial score (nSPS) is 15.0. The van der Waals surface area contributed by atoms with E-state index in [1.165, 1.54) is 6.92 Å². The lowest BCUT2D eigenvalue weighted by atomic mass is 10.0. The Morgan fingerprint density at radius 1 is 1.29 bits per heavy atom. The van der Waals surface area contributed by atoms with Gasteiger partial charge in [-0.05, 0) is 12.8 Å². The average Bonchev–Trinajstić information content (AvgIpc) is 2.01. The third kappa shape index (κ3) is 2.97. The molecule has 0 saturated heterocycles. The van der Waals surface area contributed by atoms with Gasteiger partial charge in [0.2, 0.25) is 0 Å². The highest BCUT2D eigenvalue weighted by Gasteiger charge is 2.32. The smallest absolute Gasteiger partial charge is 0.329 e. The highest BCUT2D eigenvalue weighted by Crippen LogP contribution is 2.10. The van der Waals surface area contributed by atoms with E-state index in [4.69, 9.17) is 10.8 Å². The fraction of sp³-hybridized carbons (Fsp3) is 0.750. The summed E-state index contributed by atoms with van der Waals surface area (Å²) in [6, 6.07) is -2.17. The number of carboxylic acid groups (broad SMARTS) is 1. The van der Waals surface area contributed by atoms with Crippen molar-refractivity contribution >= 4 is 11.9 Å². The van der Waals surface area contributed by atoms with Gasteiger partial charge in [0.25, 0.3) is 5.91 Å². The zero-order valence-electron chi connectivity index (χ0n) is 8.47. The van der Waals surface area contributed by atoms with Crippen LogP contribution in [0.2, 0.25) is 0 Å². The molecule has 0 aliphatic carbocycles. The van der Waals surface area contributed by atoms with Gasteiger partial charge in [-0.3, -0.25) is 10.0 Å². The molecule has 0 radical (unpaired) electrons. The lowest BCUT2D eigenvalue weighted by molar-refractivity contribution is -0.190. The molecule has 0 rings (SSSR count). The van der Waals surface area contributed by atoms with Crippen LogP contribution in [0.1, 0.15) is 20.8 Å². The zero-order chi connectivity index (χ0) is 11.5. The minimum absolute atomic E-state index is 0.192. The van der Waals surface area contributed by atoms with Crippen LogP contribution in [0.25, 0.3) is 0 Å². The minimum atomic E-state index is -1.26. The Labute approximate surface area is 82.3 Å². The van der Waals surface area contributed by atoms with Gasteiger partial charge in [0, 0.05) is 0 Å². The van der Waals surface area contributed by atoms with Crippen LogP contribution in [0.3, 0.4) is 0 Å². The van der Waals surface area contributed by atoms with Crippen LogP contribution < -0.4 is 5.73 Å². The maximum atomic E-state index is 11.2. The molecule has 0 aliphatic rings. The zero-order valence-corrected chi connectivity index (χ0v) is 8.47. The van der Waals surface area contributed by atoms with Gasteiger partial charge >= 0.3 is 5.97 Å². The molecule has 0 spiro atoms. The third-order valence-corrected chi connectivity index (χ3v) is 1.76. The Kier molecular flexibility index (Phi) is 4.52. The van der Waals surface area contributed by atoms with E-state index in [9.17, 15) is 14.8 Å². The van der Waals surface area contributed by atoms with Crippen molar-refractivity contribution in [2.45, 2.75) is 32.9 Å². The fourth-order valence-corrected chi connectivity index (χ4v) is 1.02. The Bertz CT molecular complexity index is 227. The van der Waals surface area contributed by atoms with Crippen LogP contribution in [0.5, 0.6) is 0 Å². The van der Waals surface area contributed by atoms with Crippen LogP contribution in [-0.2, 0) is 9.59 Å². The number of rotatable bonds is 4. The van der Waals surface area contributed by atoms with Crippen LogP contribution in [0, 0.1) is 5.92 Å². The molecular formula is C8H16N2O4. The molecule has 0 saturated carbocycles. The van der Waals surface area contributed by atoms with Crippen molar-refractivity contribution in [2.24, 2.45) is 11.7 Å². The first-order chi connectivity index (χ1) is 6.29. The van der Waals surface area contributed by atoms with Crippen molar-refractivity contribution in [1.82, 2.24) is 5.06 Å². The highest BCUT2D eigenvalue weighted by molar-refractivity contribution is 5.85. The van der Waals surface area contributed by atoms with Crippen molar-refractivity contribution in [3.05, 3.63) is 0 Å². The van der Waals surface area contributed by atoms with Gasteiger partial charge in [0.1, 0.15) is 0 Å². The minimum Gasteiger partial charge on any atom is -0.480 e. The van der Waals surface area contributed by atoms with Crippen molar-refractivity contribution < 1.29 is 19.9 Å². The molecular weight excluding hydrogens is 188 g/mol. The van der Waals surface area contributed by atoms with E-state index in [0.29, 0.717) is 0 Å². The number of carbonyl (C=O) groups is 2. The number of amides is 1. The topological polar surface area (TPSA) is 104 Å². The summed E-state index contributed by atoms with van der Waals surface area (Å²) in [6.07, 6.45) is 0. The molecule has 0 aromatic rings. The summed E-state index contributed by atoms with van der Waals surface area (Å²) in [5.74, 6) is -2.44. The van der Waals surface area contributed by atoms with Crippen LogP contribution in [-0.4, -0.2) is 39.3 Å². The Morgan fingerprint density at radius 2 is 1.71 bits per heavy atom. The third-order valence-electron chi connectivity index (χ3n) is 1.76. The second-order valence-electron chi connectivity index (χ2n) is 3.50. The molecule has 0 aliphatic heterocycles. The predicted octanol–water partition coefficient (Wildman–Crippen LogP) is -0.339. The maximum Gasteiger partial charge on any atom is 0.329 e. The van der Waals surface area contributed by atoms with Crippen molar-refractivity contribution in [3.63, 3.8) is 0 Å². The highest BCUT2D eigenvalue weighted by atomic mass is 16.5. The number of hydrogen-bond donors (Lipinski definition) is 3. The van der Waals surface area contributed by atoms with Crippen molar-refractivity contribution in [2.75, 3.05) is 0 Å². The van der Waals surface area contributed by atoms with E-state index in [0.717, 1.165) is 0 Å². The first-order valence-electron chi connectivity index (χ1n) is 4.29. The molecule has 6 nitrogen and oxygen atoms in total. The molecule has 0 fully saturated rings. The quantitative estimate of drug-likeness (QED) is 0.429. The van der Waals surface area contributed by atoms with E-state index in [2.05, 4.69) is 0 Å². The van der Waals surface area contributed by atoms with Crippen molar-refractivity contribution in [3.8, 4) is 0 Å². The van der Waals surface area contributed by atoms with Gasteiger partial charge in [-0.25, -0.2) is 9.86 Å². The fourth-order valence-electron chi connectivity index (χ4n) is 1.02. The number of hydroxylamine groups is 2. The molecule has 82 valence electrons.